The Hall–Kier alpha value is -0.360. The van der Waals surface area contributed by atoms with Gasteiger partial charge in [0, 0.05) is 12.4 Å². The van der Waals surface area contributed by atoms with Gasteiger partial charge in [-0.1, -0.05) is 0 Å². The maximum atomic E-state index is 4.83. The van der Waals surface area contributed by atoms with Gasteiger partial charge >= 0.3 is 0 Å². The first-order valence-electron chi connectivity index (χ1n) is 1.15. The standard InChI is InChI=1S/C2H5N2P/c3-1-2-4-5/h1-2,5H,3H2/b2-1-. The number of nitrogens with zero attached hydrogens (tertiary/aromatic N) is 1. The van der Waals surface area contributed by atoms with Gasteiger partial charge < -0.3 is 5.73 Å². The molecule has 0 aromatic rings. The second kappa shape index (κ2) is 3.64. The molecule has 0 aliphatic heterocycles. The molecule has 2 N–H and O–H groups in total. The summed E-state index contributed by atoms with van der Waals surface area (Å²) in [6.45, 7) is 0. The second-order valence-electron chi connectivity index (χ2n) is 0.471. The molecule has 0 saturated heterocycles. The fraction of sp³-hybridized carbons (Fsp3) is 0. The number of hydrogen-bond acceptors (Lipinski definition) is 2. The summed E-state index contributed by atoms with van der Waals surface area (Å²) >= 11 is 0. The van der Waals surface area contributed by atoms with Crippen molar-refractivity contribution in [1.29, 1.82) is 0 Å². The first-order valence-corrected chi connectivity index (χ1v) is 1.60. The minimum Gasteiger partial charge on any atom is -0.403 e. The molecule has 0 rings (SSSR count). The molecule has 0 bridgehead atoms. The lowest BCUT2D eigenvalue weighted by Gasteiger charge is -1.59. The summed E-state index contributed by atoms with van der Waals surface area (Å²) < 4.78 is 3.35. The molecule has 0 amide bonds. The molecule has 5 heavy (non-hydrogen) atoms. The third-order valence-corrected chi connectivity index (χ3v) is 0.310. The first-order chi connectivity index (χ1) is 2.41. The third kappa shape index (κ3) is 3.64. The molecule has 28 valence electrons. The molecular weight excluding hydrogens is 83.0 g/mol. The lowest BCUT2D eigenvalue weighted by molar-refractivity contribution is 1.52. The van der Waals surface area contributed by atoms with E-state index >= 15 is 0 Å². The average Bonchev–Trinajstić information content (AvgIpc) is 1.41. The molecular formula is C2H5N2P. The first kappa shape index (κ1) is 4.64. The molecule has 0 aromatic heterocycles. The Morgan fingerprint density at radius 3 is 2.40 bits per heavy atom. The molecule has 0 aliphatic carbocycles. The normalized spacial score (nSPS) is 8.80. The van der Waals surface area contributed by atoms with Crippen molar-refractivity contribution in [3.8, 4) is 0 Å². The summed E-state index contributed by atoms with van der Waals surface area (Å²) in [7, 11) is 2.81. The fourth-order valence-corrected chi connectivity index (χ4v) is 0.129. The molecule has 0 spiro atoms. The molecule has 0 unspecified atom stereocenters. The number of hydrogen-bond donors (Lipinski definition) is 1. The number of rotatable bonds is 1. The lowest BCUT2D eigenvalue weighted by Crippen LogP contribution is -1.70. The van der Waals surface area contributed by atoms with Crippen LogP contribution < -0.4 is 5.73 Å². The molecule has 0 aromatic carbocycles. The van der Waals surface area contributed by atoms with Crippen molar-refractivity contribution in [3.05, 3.63) is 12.4 Å². The average molecular weight is 88.0 g/mol. The largest absolute Gasteiger partial charge is 0.403 e. The topological polar surface area (TPSA) is 38.4 Å². The third-order valence-electron chi connectivity index (χ3n) is 0.161. The van der Waals surface area contributed by atoms with E-state index in [1.54, 1.807) is 0 Å². The maximum absolute atomic E-state index is 4.83. The van der Waals surface area contributed by atoms with Crippen molar-refractivity contribution < 1.29 is 0 Å². The van der Waals surface area contributed by atoms with Gasteiger partial charge in [0.1, 0.15) is 0 Å². The molecule has 0 saturated carbocycles. The minimum absolute atomic E-state index is 1.34. The van der Waals surface area contributed by atoms with Gasteiger partial charge in [0.05, 0.1) is 0 Å². The van der Waals surface area contributed by atoms with E-state index in [0.29, 0.717) is 0 Å². The van der Waals surface area contributed by atoms with Crippen LogP contribution in [0.3, 0.4) is 0 Å². The SMILES string of the molecule is N/C=C\N=P. The zero-order valence-electron chi connectivity index (χ0n) is 2.68. The van der Waals surface area contributed by atoms with Crippen LogP contribution in [0, 0.1) is 0 Å². The van der Waals surface area contributed by atoms with Gasteiger partial charge in [0.25, 0.3) is 0 Å². The van der Waals surface area contributed by atoms with Crippen LogP contribution >= 0.6 is 9.03 Å². The van der Waals surface area contributed by atoms with Crippen LogP contribution in [-0.2, 0) is 0 Å². The van der Waals surface area contributed by atoms with Crippen LogP contribution in [-0.4, -0.2) is 0 Å². The predicted molar refractivity (Wildman–Crippen MR) is 24.1 cm³/mol. The van der Waals surface area contributed by atoms with Gasteiger partial charge in [-0.3, -0.25) is 0 Å². The van der Waals surface area contributed by atoms with E-state index in [2.05, 4.69) is 13.8 Å². The van der Waals surface area contributed by atoms with Gasteiger partial charge in [-0.25, -0.2) is 4.74 Å². The van der Waals surface area contributed by atoms with Crippen molar-refractivity contribution in [1.82, 2.24) is 0 Å². The monoisotopic (exact) mass is 88.0 g/mol. The van der Waals surface area contributed by atoms with Crippen LogP contribution in [0.15, 0.2) is 17.1 Å². The highest BCUT2D eigenvalue weighted by molar-refractivity contribution is 7.04. The summed E-state index contributed by atoms with van der Waals surface area (Å²) in [4.78, 5) is 0. The van der Waals surface area contributed by atoms with Gasteiger partial charge in [-0.15, -0.1) is 0 Å². The quantitative estimate of drug-likeness (QED) is 0.472. The predicted octanol–water partition coefficient (Wildman–Crippen LogP) is 0.743. The van der Waals surface area contributed by atoms with Crippen molar-refractivity contribution in [3.63, 3.8) is 0 Å². The molecule has 2 nitrogen and oxygen atoms in total. The van der Waals surface area contributed by atoms with Crippen molar-refractivity contribution >= 4 is 9.03 Å². The van der Waals surface area contributed by atoms with E-state index in [9.17, 15) is 0 Å². The molecule has 0 atom stereocenters. The Labute approximate surface area is 33.0 Å². The summed E-state index contributed by atoms with van der Waals surface area (Å²) in [5.74, 6) is 0. The smallest absolute Gasteiger partial charge is 0.0465 e. The van der Waals surface area contributed by atoms with Crippen molar-refractivity contribution in [2.75, 3.05) is 0 Å². The van der Waals surface area contributed by atoms with E-state index in [0.717, 1.165) is 0 Å². The highest BCUT2D eigenvalue weighted by atomic mass is 31.0. The van der Waals surface area contributed by atoms with Gasteiger partial charge in [-0.2, -0.15) is 0 Å². The van der Waals surface area contributed by atoms with Crippen molar-refractivity contribution in [2.45, 2.75) is 0 Å². The van der Waals surface area contributed by atoms with E-state index in [-0.39, 0.29) is 0 Å². The van der Waals surface area contributed by atoms with Gasteiger partial charge in [0.15, 0.2) is 0 Å². The van der Waals surface area contributed by atoms with E-state index < -0.39 is 0 Å². The zero-order valence-corrected chi connectivity index (χ0v) is 3.68. The van der Waals surface area contributed by atoms with E-state index in [1.165, 1.54) is 12.4 Å². The Bertz CT molecular complexity index is 49.6. The summed E-state index contributed by atoms with van der Waals surface area (Å²) in [5, 5.41) is 0. The van der Waals surface area contributed by atoms with Crippen LogP contribution in [0.5, 0.6) is 0 Å². The van der Waals surface area contributed by atoms with Crippen LogP contribution in [0.25, 0.3) is 0 Å². The molecule has 0 heterocycles. The Morgan fingerprint density at radius 2 is 2.40 bits per heavy atom. The van der Waals surface area contributed by atoms with Gasteiger partial charge in [-0.05, 0) is 9.03 Å². The van der Waals surface area contributed by atoms with E-state index in [4.69, 9.17) is 5.73 Å². The van der Waals surface area contributed by atoms with Crippen LogP contribution in [0.4, 0.5) is 0 Å². The van der Waals surface area contributed by atoms with Gasteiger partial charge in [0.2, 0.25) is 0 Å². The molecule has 0 aliphatic rings. The Morgan fingerprint density at radius 1 is 1.80 bits per heavy atom. The highest BCUT2D eigenvalue weighted by Gasteiger charge is 1.41. The fourth-order valence-electron chi connectivity index (χ4n) is 0.0430. The van der Waals surface area contributed by atoms with E-state index in [1.807, 2.05) is 0 Å². The molecule has 3 heteroatoms. The van der Waals surface area contributed by atoms with Crippen LogP contribution in [0.1, 0.15) is 0 Å². The molecule has 0 fully saturated rings. The highest BCUT2D eigenvalue weighted by Crippen LogP contribution is 1.69. The lowest BCUT2D eigenvalue weighted by atomic mass is 11.0. The van der Waals surface area contributed by atoms with Crippen LogP contribution in [0.2, 0.25) is 0 Å². The van der Waals surface area contributed by atoms with Crippen molar-refractivity contribution in [2.24, 2.45) is 10.5 Å². The maximum Gasteiger partial charge on any atom is 0.0465 e. The summed E-state index contributed by atoms with van der Waals surface area (Å²) in [6, 6.07) is 0. The minimum atomic E-state index is 1.34. The molecule has 0 radical (unpaired) electrons. The second-order valence-corrected chi connectivity index (χ2v) is 0.729. The Balaban J connectivity index is 2.92. The Kier molecular flexibility index (Phi) is 3.38. The zero-order chi connectivity index (χ0) is 4.12. The number of nitrogens with two attached hydrogens (primary N) is 1. The summed E-state index contributed by atoms with van der Waals surface area (Å²) in [6.07, 6.45) is 2.78. The summed E-state index contributed by atoms with van der Waals surface area (Å²) in [5.41, 5.74) is 4.83.